The van der Waals surface area contributed by atoms with Gasteiger partial charge in [-0.15, -0.1) is 0 Å². The molecule has 0 bridgehead atoms. The highest BCUT2D eigenvalue weighted by molar-refractivity contribution is 4.85. The first-order valence-corrected chi connectivity index (χ1v) is 4.74. The van der Waals surface area contributed by atoms with Crippen LogP contribution in [0.25, 0.3) is 0 Å². The summed E-state index contributed by atoms with van der Waals surface area (Å²) in [5.41, 5.74) is 0.549. The molecule has 66 valence electrons. The molecule has 0 aromatic carbocycles. The van der Waals surface area contributed by atoms with Crippen LogP contribution in [0.2, 0.25) is 0 Å². The summed E-state index contributed by atoms with van der Waals surface area (Å²) in [4.78, 5) is 0. The van der Waals surface area contributed by atoms with Crippen molar-refractivity contribution in [2.75, 3.05) is 19.8 Å². The van der Waals surface area contributed by atoms with Crippen LogP contribution in [0.4, 0.5) is 0 Å². The van der Waals surface area contributed by atoms with Crippen LogP contribution in [0.1, 0.15) is 33.1 Å². The molecule has 0 amide bonds. The molecule has 1 rings (SSSR count). The van der Waals surface area contributed by atoms with Gasteiger partial charge in [0, 0.05) is 19.8 Å². The number of hydrogen-bond donors (Lipinski definition) is 2. The van der Waals surface area contributed by atoms with Gasteiger partial charge in [-0.2, -0.15) is 0 Å². The first-order valence-electron chi connectivity index (χ1n) is 4.74. The van der Waals surface area contributed by atoms with E-state index in [-0.39, 0.29) is 0 Å². The minimum atomic E-state index is 0.549. The van der Waals surface area contributed by atoms with Gasteiger partial charge in [0.05, 0.1) is 0 Å². The van der Waals surface area contributed by atoms with Crippen LogP contribution in [-0.4, -0.2) is 19.8 Å². The number of nitrogens with one attached hydrogen (secondary N) is 2. The van der Waals surface area contributed by atoms with E-state index in [9.17, 15) is 0 Å². The van der Waals surface area contributed by atoms with E-state index >= 15 is 0 Å². The molecule has 0 radical (unpaired) electrons. The molecule has 0 atom stereocenters. The van der Waals surface area contributed by atoms with Crippen molar-refractivity contribution in [1.29, 1.82) is 0 Å². The molecule has 2 heteroatoms. The van der Waals surface area contributed by atoms with Crippen molar-refractivity contribution in [1.82, 2.24) is 10.6 Å². The maximum Gasteiger partial charge on any atom is 0.0454 e. The maximum absolute atomic E-state index is 3.40. The second kappa shape index (κ2) is 4.07. The summed E-state index contributed by atoms with van der Waals surface area (Å²) in [6.07, 6.45) is 3.95. The normalized spacial score (nSPS) is 23.5. The largest absolute Gasteiger partial charge is 0.304 e. The van der Waals surface area contributed by atoms with Crippen LogP contribution in [0.3, 0.4) is 0 Å². The Hall–Kier alpha value is -0.0800. The fourth-order valence-corrected chi connectivity index (χ4v) is 1.94. The zero-order valence-corrected chi connectivity index (χ0v) is 7.74. The summed E-state index contributed by atoms with van der Waals surface area (Å²) in [6.45, 7) is 7.95. The minimum absolute atomic E-state index is 0.549. The van der Waals surface area contributed by atoms with Gasteiger partial charge in [0.15, 0.2) is 0 Å². The molecule has 0 saturated carbocycles. The van der Waals surface area contributed by atoms with Crippen molar-refractivity contribution >= 4 is 0 Å². The lowest BCUT2D eigenvalue weighted by Gasteiger charge is -2.37. The second-order valence-electron chi connectivity index (χ2n) is 3.63. The highest BCUT2D eigenvalue weighted by Gasteiger charge is 2.28. The lowest BCUT2D eigenvalue weighted by Crippen LogP contribution is -2.51. The maximum atomic E-state index is 3.40. The molecule has 0 aromatic rings. The predicted molar refractivity (Wildman–Crippen MR) is 48.5 cm³/mol. The fraction of sp³-hybridized carbons (Fsp3) is 1.00. The predicted octanol–water partition coefficient (Wildman–Crippen LogP) is 1.33. The van der Waals surface area contributed by atoms with Gasteiger partial charge >= 0.3 is 0 Å². The number of rotatable bonds is 3. The zero-order valence-electron chi connectivity index (χ0n) is 7.74. The Morgan fingerprint density at radius 2 is 1.82 bits per heavy atom. The van der Waals surface area contributed by atoms with E-state index in [1.807, 2.05) is 0 Å². The van der Waals surface area contributed by atoms with Crippen LogP contribution in [0, 0.1) is 5.41 Å². The van der Waals surface area contributed by atoms with E-state index in [0.717, 1.165) is 6.67 Å². The van der Waals surface area contributed by atoms with Gasteiger partial charge in [0.2, 0.25) is 0 Å². The fourth-order valence-electron chi connectivity index (χ4n) is 1.94. The standard InChI is InChI=1S/C9H20N2/c1-3-5-9(4-2)6-10-8-11-7-9/h10-11H,3-8H2,1-2H3. The first-order chi connectivity index (χ1) is 5.33. The van der Waals surface area contributed by atoms with Crippen LogP contribution in [0.15, 0.2) is 0 Å². The Morgan fingerprint density at radius 3 is 2.27 bits per heavy atom. The van der Waals surface area contributed by atoms with E-state index in [0.29, 0.717) is 5.41 Å². The zero-order chi connectivity index (χ0) is 8.16. The van der Waals surface area contributed by atoms with Crippen LogP contribution in [0.5, 0.6) is 0 Å². The molecular weight excluding hydrogens is 136 g/mol. The van der Waals surface area contributed by atoms with Gasteiger partial charge in [0.1, 0.15) is 0 Å². The summed E-state index contributed by atoms with van der Waals surface area (Å²) < 4.78 is 0. The van der Waals surface area contributed by atoms with E-state index in [4.69, 9.17) is 0 Å². The summed E-state index contributed by atoms with van der Waals surface area (Å²) in [5.74, 6) is 0. The molecule has 0 unspecified atom stereocenters. The molecule has 2 N–H and O–H groups in total. The van der Waals surface area contributed by atoms with Crippen molar-refractivity contribution in [3.63, 3.8) is 0 Å². The topological polar surface area (TPSA) is 24.1 Å². The Kier molecular flexibility index (Phi) is 3.34. The van der Waals surface area contributed by atoms with Crippen LogP contribution >= 0.6 is 0 Å². The summed E-state index contributed by atoms with van der Waals surface area (Å²) in [7, 11) is 0. The molecule has 2 nitrogen and oxygen atoms in total. The molecular formula is C9H20N2. The van der Waals surface area contributed by atoms with Gasteiger partial charge in [-0.05, 0) is 18.3 Å². The molecule has 1 heterocycles. The van der Waals surface area contributed by atoms with Crippen LogP contribution < -0.4 is 10.6 Å². The van der Waals surface area contributed by atoms with E-state index in [2.05, 4.69) is 24.5 Å². The smallest absolute Gasteiger partial charge is 0.0454 e. The highest BCUT2D eigenvalue weighted by Crippen LogP contribution is 2.27. The van der Waals surface area contributed by atoms with Crippen molar-refractivity contribution in [2.45, 2.75) is 33.1 Å². The van der Waals surface area contributed by atoms with Gasteiger partial charge in [-0.25, -0.2) is 0 Å². The van der Waals surface area contributed by atoms with Gasteiger partial charge < -0.3 is 10.6 Å². The Labute approximate surface area is 69.8 Å². The highest BCUT2D eigenvalue weighted by atomic mass is 15.1. The second-order valence-corrected chi connectivity index (χ2v) is 3.63. The summed E-state index contributed by atoms with van der Waals surface area (Å²) in [5, 5.41) is 6.80. The molecule has 1 saturated heterocycles. The average Bonchev–Trinajstić information content (AvgIpc) is 2.07. The third-order valence-corrected chi connectivity index (χ3v) is 2.78. The Bertz CT molecular complexity index is 101. The SMILES string of the molecule is CCCC1(CC)CNCNC1. The van der Waals surface area contributed by atoms with E-state index in [1.165, 1.54) is 32.4 Å². The van der Waals surface area contributed by atoms with E-state index < -0.39 is 0 Å². The lowest BCUT2D eigenvalue weighted by atomic mass is 9.80. The van der Waals surface area contributed by atoms with Crippen molar-refractivity contribution in [3.8, 4) is 0 Å². The third kappa shape index (κ3) is 2.17. The minimum Gasteiger partial charge on any atom is -0.304 e. The molecule has 0 spiro atoms. The van der Waals surface area contributed by atoms with Gasteiger partial charge in [-0.3, -0.25) is 0 Å². The monoisotopic (exact) mass is 156 g/mol. The summed E-state index contributed by atoms with van der Waals surface area (Å²) in [6, 6.07) is 0. The molecule has 0 aromatic heterocycles. The Balaban J connectivity index is 2.42. The van der Waals surface area contributed by atoms with Crippen LogP contribution in [-0.2, 0) is 0 Å². The molecule has 11 heavy (non-hydrogen) atoms. The first kappa shape index (κ1) is 9.01. The van der Waals surface area contributed by atoms with Crippen molar-refractivity contribution < 1.29 is 0 Å². The third-order valence-electron chi connectivity index (χ3n) is 2.78. The summed E-state index contributed by atoms with van der Waals surface area (Å²) >= 11 is 0. The Morgan fingerprint density at radius 1 is 1.18 bits per heavy atom. The van der Waals surface area contributed by atoms with E-state index in [1.54, 1.807) is 0 Å². The lowest BCUT2D eigenvalue weighted by molar-refractivity contribution is 0.190. The van der Waals surface area contributed by atoms with Gasteiger partial charge in [0.25, 0.3) is 0 Å². The molecule has 1 aliphatic heterocycles. The van der Waals surface area contributed by atoms with Crippen molar-refractivity contribution in [3.05, 3.63) is 0 Å². The van der Waals surface area contributed by atoms with Gasteiger partial charge in [-0.1, -0.05) is 20.3 Å². The quantitative estimate of drug-likeness (QED) is 0.644. The molecule has 1 aliphatic rings. The molecule has 0 aliphatic carbocycles. The molecule has 1 fully saturated rings. The number of hydrogen-bond acceptors (Lipinski definition) is 2. The van der Waals surface area contributed by atoms with Crippen molar-refractivity contribution in [2.24, 2.45) is 5.41 Å². The average molecular weight is 156 g/mol.